The third-order valence-corrected chi connectivity index (χ3v) is 3.60. The minimum Gasteiger partial charge on any atom is -0.0901 e. The summed E-state index contributed by atoms with van der Waals surface area (Å²) in [6.45, 7) is 4.30. The summed E-state index contributed by atoms with van der Waals surface area (Å²) in [6, 6.07) is 17.5. The predicted octanol–water partition coefficient (Wildman–Crippen LogP) is 4.71. The number of hydrogen-bond donors (Lipinski definition) is 0. The van der Waals surface area contributed by atoms with E-state index in [9.17, 15) is 0 Å². The molecule has 1 heteroatoms. The molecular weight excluding hydrogens is 212 g/mol. The van der Waals surface area contributed by atoms with Gasteiger partial charge in [0.1, 0.15) is 0 Å². The molecule has 0 aliphatic rings. The van der Waals surface area contributed by atoms with E-state index in [0.717, 1.165) is 6.42 Å². The Hall–Kier alpha value is -1.21. The molecule has 0 unspecified atom stereocenters. The molecule has 0 fully saturated rings. The van der Waals surface area contributed by atoms with Crippen LogP contribution in [0.15, 0.2) is 58.3 Å². The molecule has 0 saturated carbocycles. The summed E-state index contributed by atoms with van der Waals surface area (Å²) < 4.78 is 0. The van der Waals surface area contributed by atoms with Crippen molar-refractivity contribution in [3.8, 4) is 0 Å². The van der Waals surface area contributed by atoms with Crippen molar-refractivity contribution >= 4 is 11.8 Å². The molecule has 16 heavy (non-hydrogen) atoms. The van der Waals surface area contributed by atoms with Crippen LogP contribution in [0.25, 0.3) is 0 Å². The molecule has 0 saturated heterocycles. The average Bonchev–Trinajstić information content (AvgIpc) is 2.33. The van der Waals surface area contributed by atoms with Crippen molar-refractivity contribution in [3.05, 3.63) is 59.7 Å². The van der Waals surface area contributed by atoms with Gasteiger partial charge in [0.25, 0.3) is 0 Å². The maximum Gasteiger partial charge on any atom is 0.0122 e. The second kappa shape index (κ2) is 5.22. The summed E-state index contributed by atoms with van der Waals surface area (Å²) >= 11 is 1.82. The van der Waals surface area contributed by atoms with Crippen LogP contribution in [0.3, 0.4) is 0 Å². The summed E-state index contributed by atoms with van der Waals surface area (Å²) in [5.41, 5.74) is 2.71. The molecule has 2 rings (SSSR count). The number of benzene rings is 2. The zero-order chi connectivity index (χ0) is 11.4. The lowest BCUT2D eigenvalue weighted by Crippen LogP contribution is -1.79. The molecular formula is C15H16S. The Morgan fingerprint density at radius 1 is 0.812 bits per heavy atom. The van der Waals surface area contributed by atoms with E-state index in [1.54, 1.807) is 0 Å². The van der Waals surface area contributed by atoms with Crippen LogP contribution in [0.2, 0.25) is 0 Å². The fraction of sp³-hybridized carbons (Fsp3) is 0.200. The van der Waals surface area contributed by atoms with Crippen molar-refractivity contribution < 1.29 is 0 Å². The number of aryl methyl sites for hydroxylation is 2. The Labute approximate surface area is 102 Å². The highest BCUT2D eigenvalue weighted by Gasteiger charge is 1.97. The van der Waals surface area contributed by atoms with Crippen LogP contribution in [0.1, 0.15) is 18.1 Å². The minimum atomic E-state index is 1.11. The highest BCUT2D eigenvalue weighted by Crippen LogP contribution is 2.27. The second-order valence-electron chi connectivity index (χ2n) is 3.91. The van der Waals surface area contributed by atoms with Gasteiger partial charge in [-0.1, -0.05) is 48.5 Å². The van der Waals surface area contributed by atoms with Crippen molar-refractivity contribution in [2.45, 2.75) is 30.1 Å². The van der Waals surface area contributed by atoms with Crippen molar-refractivity contribution in [3.63, 3.8) is 0 Å². The van der Waals surface area contributed by atoms with Gasteiger partial charge in [0.15, 0.2) is 0 Å². The summed E-state index contributed by atoms with van der Waals surface area (Å²) in [6.07, 6.45) is 1.11. The van der Waals surface area contributed by atoms with E-state index in [4.69, 9.17) is 0 Å². The van der Waals surface area contributed by atoms with Crippen LogP contribution < -0.4 is 0 Å². The Morgan fingerprint density at radius 3 is 1.81 bits per heavy atom. The largest absolute Gasteiger partial charge is 0.0901 e. The van der Waals surface area contributed by atoms with Crippen LogP contribution in [0, 0.1) is 6.92 Å². The summed E-state index contributed by atoms with van der Waals surface area (Å²) in [5.74, 6) is 0. The Balaban J connectivity index is 2.11. The molecule has 2 aromatic rings. The fourth-order valence-corrected chi connectivity index (χ4v) is 2.35. The van der Waals surface area contributed by atoms with E-state index in [-0.39, 0.29) is 0 Å². The molecule has 0 bridgehead atoms. The first-order valence-electron chi connectivity index (χ1n) is 5.61. The molecule has 0 amide bonds. The molecule has 0 aliphatic heterocycles. The lowest BCUT2D eigenvalue weighted by molar-refractivity contribution is 1.13. The van der Waals surface area contributed by atoms with Crippen molar-refractivity contribution in [2.75, 3.05) is 0 Å². The van der Waals surface area contributed by atoms with Gasteiger partial charge in [-0.25, -0.2) is 0 Å². The monoisotopic (exact) mass is 228 g/mol. The van der Waals surface area contributed by atoms with Crippen LogP contribution >= 0.6 is 11.8 Å². The highest BCUT2D eigenvalue weighted by atomic mass is 32.2. The fourth-order valence-electron chi connectivity index (χ4n) is 1.54. The second-order valence-corrected chi connectivity index (χ2v) is 5.06. The molecule has 0 N–H and O–H groups in total. The molecule has 0 aliphatic carbocycles. The maximum atomic E-state index is 2.20. The Bertz CT molecular complexity index is 440. The van der Waals surface area contributed by atoms with Gasteiger partial charge < -0.3 is 0 Å². The average molecular weight is 228 g/mol. The van der Waals surface area contributed by atoms with Crippen LogP contribution in [-0.4, -0.2) is 0 Å². The van der Waals surface area contributed by atoms with Gasteiger partial charge in [0.05, 0.1) is 0 Å². The van der Waals surface area contributed by atoms with Crippen molar-refractivity contribution in [1.82, 2.24) is 0 Å². The van der Waals surface area contributed by atoms with E-state index in [1.807, 2.05) is 11.8 Å². The van der Waals surface area contributed by atoms with Crippen LogP contribution in [0.4, 0.5) is 0 Å². The van der Waals surface area contributed by atoms with Gasteiger partial charge in [-0.05, 0) is 43.2 Å². The molecule has 82 valence electrons. The van der Waals surface area contributed by atoms with Crippen molar-refractivity contribution in [2.24, 2.45) is 0 Å². The number of rotatable bonds is 3. The third-order valence-electron chi connectivity index (χ3n) is 2.59. The van der Waals surface area contributed by atoms with E-state index < -0.39 is 0 Å². The zero-order valence-corrected chi connectivity index (χ0v) is 10.6. The first-order valence-corrected chi connectivity index (χ1v) is 6.43. The maximum absolute atomic E-state index is 2.20. The molecule has 0 atom stereocenters. The molecule has 0 nitrogen and oxygen atoms in total. The molecule has 0 heterocycles. The SMILES string of the molecule is CCc1ccc(Sc2ccc(C)cc2)cc1. The topological polar surface area (TPSA) is 0 Å². The van der Waals surface area contributed by atoms with Crippen LogP contribution in [-0.2, 0) is 6.42 Å². The Kier molecular flexibility index (Phi) is 3.68. The number of hydrogen-bond acceptors (Lipinski definition) is 1. The molecule has 0 spiro atoms. The molecule has 0 radical (unpaired) electrons. The van der Waals surface area contributed by atoms with E-state index in [0.29, 0.717) is 0 Å². The van der Waals surface area contributed by atoms with E-state index >= 15 is 0 Å². The van der Waals surface area contributed by atoms with E-state index in [1.165, 1.54) is 20.9 Å². The zero-order valence-electron chi connectivity index (χ0n) is 9.73. The lowest BCUT2D eigenvalue weighted by atomic mass is 10.2. The summed E-state index contributed by atoms with van der Waals surface area (Å²) in [5, 5.41) is 0. The smallest absolute Gasteiger partial charge is 0.0122 e. The minimum absolute atomic E-state index is 1.11. The first-order chi connectivity index (χ1) is 7.78. The van der Waals surface area contributed by atoms with Gasteiger partial charge >= 0.3 is 0 Å². The standard InChI is InChI=1S/C15H16S/c1-3-13-6-10-15(11-7-13)16-14-8-4-12(2)5-9-14/h4-11H,3H2,1-2H3. The quantitative estimate of drug-likeness (QED) is 0.733. The molecule has 0 aromatic heterocycles. The van der Waals surface area contributed by atoms with Gasteiger partial charge in [0.2, 0.25) is 0 Å². The van der Waals surface area contributed by atoms with Gasteiger partial charge in [-0.15, -0.1) is 0 Å². The van der Waals surface area contributed by atoms with Gasteiger partial charge in [-0.2, -0.15) is 0 Å². The summed E-state index contributed by atoms with van der Waals surface area (Å²) in [7, 11) is 0. The van der Waals surface area contributed by atoms with Crippen molar-refractivity contribution in [1.29, 1.82) is 0 Å². The van der Waals surface area contributed by atoms with E-state index in [2.05, 4.69) is 62.4 Å². The van der Waals surface area contributed by atoms with Crippen LogP contribution in [0.5, 0.6) is 0 Å². The Morgan fingerprint density at radius 2 is 1.31 bits per heavy atom. The van der Waals surface area contributed by atoms with Gasteiger partial charge in [-0.3, -0.25) is 0 Å². The van der Waals surface area contributed by atoms with Gasteiger partial charge in [0, 0.05) is 9.79 Å². The third kappa shape index (κ3) is 2.89. The normalized spacial score (nSPS) is 10.4. The first kappa shape index (κ1) is 11.3. The summed E-state index contributed by atoms with van der Waals surface area (Å²) in [4.78, 5) is 2.61. The molecule has 2 aromatic carbocycles. The lowest BCUT2D eigenvalue weighted by Gasteiger charge is -2.03. The predicted molar refractivity (Wildman–Crippen MR) is 71.1 cm³/mol. The highest BCUT2D eigenvalue weighted by molar-refractivity contribution is 7.99.